The molecule has 0 amide bonds. The molecule has 1 saturated heterocycles. The van der Waals surface area contributed by atoms with Gasteiger partial charge in [0.2, 0.25) is 5.95 Å². The van der Waals surface area contributed by atoms with Crippen molar-refractivity contribution in [3.05, 3.63) is 20.8 Å². The van der Waals surface area contributed by atoms with Crippen LogP contribution in [0.2, 0.25) is 0 Å². The van der Waals surface area contributed by atoms with Crippen molar-refractivity contribution in [3.8, 4) is 0 Å². The number of nitrogens with zero attached hydrogens (tertiary/aromatic N) is 3. The Hall–Kier alpha value is -2.35. The minimum Gasteiger partial charge on any atom is -0.394 e. The van der Waals surface area contributed by atoms with Crippen LogP contribution in [-0.2, 0) is 11.3 Å². The number of hydrogen-bond acceptors (Lipinski definition) is 8. The highest BCUT2D eigenvalue weighted by molar-refractivity contribution is 5.71. The van der Waals surface area contributed by atoms with Crippen LogP contribution in [0.1, 0.15) is 6.23 Å². The summed E-state index contributed by atoms with van der Waals surface area (Å²) in [5, 5.41) is 29.0. The lowest BCUT2D eigenvalue weighted by molar-refractivity contribution is -0.0529. The molecule has 0 unspecified atom stereocenters. The number of hydrogen-bond donors (Lipinski definition) is 5. The van der Waals surface area contributed by atoms with Gasteiger partial charge < -0.3 is 25.8 Å². The second kappa shape index (κ2) is 6.18. The van der Waals surface area contributed by atoms with Gasteiger partial charge in [-0.15, -0.1) is 0 Å². The van der Waals surface area contributed by atoms with Crippen molar-refractivity contribution in [1.82, 2.24) is 19.1 Å². The lowest BCUT2D eigenvalue weighted by atomic mass is 10.1. The molecule has 6 N–H and O–H groups in total. The molecule has 3 heterocycles. The molecule has 1 aliphatic heterocycles. The molecule has 0 saturated carbocycles. The molecule has 1 aliphatic rings. The Labute approximate surface area is 136 Å². The number of halogens is 2. The van der Waals surface area contributed by atoms with Crippen LogP contribution in [0.5, 0.6) is 0 Å². The number of ether oxygens (including phenoxy) is 1. The summed E-state index contributed by atoms with van der Waals surface area (Å²) in [7, 11) is 0. The number of aliphatic hydroxyl groups excluding tert-OH is 3. The van der Waals surface area contributed by atoms with E-state index in [9.17, 15) is 28.6 Å². The third-order valence-electron chi connectivity index (χ3n) is 3.92. The molecule has 0 aliphatic carbocycles. The summed E-state index contributed by atoms with van der Waals surface area (Å²) in [4.78, 5) is 30.5. The van der Waals surface area contributed by atoms with Crippen molar-refractivity contribution in [2.75, 3.05) is 12.3 Å². The maximum absolute atomic E-state index is 12.8. The van der Waals surface area contributed by atoms with Gasteiger partial charge in [-0.25, -0.2) is 18.1 Å². The van der Waals surface area contributed by atoms with Gasteiger partial charge in [-0.3, -0.25) is 14.3 Å². The molecule has 1 fully saturated rings. The molecule has 2 aromatic heterocycles. The second-order valence-electron chi connectivity index (χ2n) is 5.51. The SMILES string of the molecule is Nc1nc2c(c(=O)[nH]1)n(CC(F)F)c(=O)n2[C@@H]1O[C@H](CO)[C@H](O)[C@H]1O. The van der Waals surface area contributed by atoms with Gasteiger partial charge in [0.25, 0.3) is 12.0 Å². The van der Waals surface area contributed by atoms with Crippen LogP contribution >= 0.6 is 0 Å². The van der Waals surface area contributed by atoms with E-state index in [1.807, 2.05) is 0 Å². The number of nitrogens with two attached hydrogens (primary N) is 1. The zero-order valence-electron chi connectivity index (χ0n) is 12.5. The number of nitrogens with one attached hydrogen (secondary N) is 1. The third kappa shape index (κ3) is 2.70. The van der Waals surface area contributed by atoms with E-state index in [0.717, 1.165) is 0 Å². The third-order valence-corrected chi connectivity index (χ3v) is 3.92. The fourth-order valence-corrected chi connectivity index (χ4v) is 2.83. The van der Waals surface area contributed by atoms with Gasteiger partial charge in [0.1, 0.15) is 18.3 Å². The molecule has 0 bridgehead atoms. The molecule has 25 heavy (non-hydrogen) atoms. The first-order chi connectivity index (χ1) is 11.8. The van der Waals surface area contributed by atoms with E-state index >= 15 is 0 Å². The molecule has 0 aromatic carbocycles. The average molecular weight is 363 g/mol. The first kappa shape index (κ1) is 17.5. The number of aliphatic hydroxyl groups is 3. The second-order valence-corrected chi connectivity index (χ2v) is 5.51. The van der Waals surface area contributed by atoms with E-state index in [1.54, 1.807) is 0 Å². The van der Waals surface area contributed by atoms with Gasteiger partial charge in [-0.1, -0.05) is 0 Å². The number of anilines is 1. The van der Waals surface area contributed by atoms with E-state index in [0.29, 0.717) is 9.13 Å². The predicted octanol–water partition coefficient (Wildman–Crippen LogP) is -2.65. The van der Waals surface area contributed by atoms with E-state index in [1.165, 1.54) is 0 Å². The predicted molar refractivity (Wildman–Crippen MR) is 78.0 cm³/mol. The number of aromatic amines is 1. The minimum absolute atomic E-state index is 0.382. The highest BCUT2D eigenvalue weighted by Crippen LogP contribution is 2.30. The summed E-state index contributed by atoms with van der Waals surface area (Å²) in [5.74, 6) is -0.382. The maximum atomic E-state index is 12.8. The monoisotopic (exact) mass is 363 g/mol. The van der Waals surface area contributed by atoms with Crippen LogP contribution in [0.3, 0.4) is 0 Å². The highest BCUT2D eigenvalue weighted by Gasteiger charge is 2.45. The molecular weight excluding hydrogens is 348 g/mol. The van der Waals surface area contributed by atoms with E-state index in [4.69, 9.17) is 15.6 Å². The Bertz CT molecular complexity index is 908. The summed E-state index contributed by atoms with van der Waals surface area (Å²) in [5.41, 5.74) is 2.55. The molecule has 2 aromatic rings. The van der Waals surface area contributed by atoms with E-state index in [-0.39, 0.29) is 11.6 Å². The first-order valence-corrected chi connectivity index (χ1v) is 7.17. The van der Waals surface area contributed by atoms with Gasteiger partial charge in [0.15, 0.2) is 17.4 Å². The van der Waals surface area contributed by atoms with Gasteiger partial charge in [-0.05, 0) is 0 Å². The zero-order valence-corrected chi connectivity index (χ0v) is 12.5. The van der Waals surface area contributed by atoms with Crippen LogP contribution in [0.15, 0.2) is 9.59 Å². The van der Waals surface area contributed by atoms with Gasteiger partial charge >= 0.3 is 5.69 Å². The van der Waals surface area contributed by atoms with Crippen molar-refractivity contribution in [3.63, 3.8) is 0 Å². The van der Waals surface area contributed by atoms with Gasteiger partial charge in [-0.2, -0.15) is 4.98 Å². The number of imidazole rings is 1. The number of aromatic nitrogens is 4. The average Bonchev–Trinajstić information content (AvgIpc) is 2.95. The normalized spacial score (nSPS) is 26.8. The zero-order chi connectivity index (χ0) is 18.5. The Morgan fingerprint density at radius 3 is 2.56 bits per heavy atom. The topological polar surface area (TPSA) is 169 Å². The standard InChI is InChI=1S/C12H15F2N5O6/c13-4(14)1-18-5-8(16-11(15)17-9(5)23)19(12(18)24)10-7(22)6(21)3(2-20)25-10/h3-4,6-7,10,20-22H,1-2H2,(H3,15,16,17,23)/t3-,6+,7-,10-/m1/s1. The Kier molecular flexibility index (Phi) is 4.32. The number of nitrogen functional groups attached to an aromatic ring is 1. The lowest BCUT2D eigenvalue weighted by Gasteiger charge is -2.15. The Balaban J connectivity index is 2.27. The minimum atomic E-state index is -2.95. The number of fused-ring (bicyclic) bond motifs is 1. The molecule has 138 valence electrons. The largest absolute Gasteiger partial charge is 0.394 e. The fraction of sp³-hybridized carbons (Fsp3) is 0.583. The molecule has 13 heteroatoms. The molecular formula is C12H15F2N5O6. The fourth-order valence-electron chi connectivity index (χ4n) is 2.83. The number of alkyl halides is 2. The Morgan fingerprint density at radius 1 is 1.32 bits per heavy atom. The van der Waals surface area contributed by atoms with Crippen LogP contribution < -0.4 is 17.0 Å². The first-order valence-electron chi connectivity index (χ1n) is 7.17. The number of H-pyrrole nitrogens is 1. The summed E-state index contributed by atoms with van der Waals surface area (Å²) in [6, 6.07) is 0. The summed E-state index contributed by atoms with van der Waals surface area (Å²) in [6.07, 6.45) is -8.90. The van der Waals surface area contributed by atoms with Crippen molar-refractivity contribution in [2.45, 2.75) is 37.5 Å². The highest BCUT2D eigenvalue weighted by atomic mass is 19.3. The van der Waals surface area contributed by atoms with Gasteiger partial charge in [0.05, 0.1) is 13.2 Å². The van der Waals surface area contributed by atoms with Crippen LogP contribution in [0.25, 0.3) is 11.2 Å². The summed E-state index contributed by atoms with van der Waals surface area (Å²) >= 11 is 0. The van der Waals surface area contributed by atoms with Crippen LogP contribution in [0, 0.1) is 0 Å². The van der Waals surface area contributed by atoms with Crippen molar-refractivity contribution in [2.24, 2.45) is 0 Å². The summed E-state index contributed by atoms with van der Waals surface area (Å²) in [6.45, 7) is -1.75. The van der Waals surface area contributed by atoms with Crippen molar-refractivity contribution in [1.29, 1.82) is 0 Å². The molecule has 0 radical (unpaired) electrons. The van der Waals surface area contributed by atoms with Crippen LogP contribution in [-0.4, -0.2) is 65.8 Å². The Morgan fingerprint density at radius 2 is 2.00 bits per heavy atom. The molecule has 11 nitrogen and oxygen atoms in total. The smallest absolute Gasteiger partial charge is 0.332 e. The number of rotatable bonds is 4. The quantitative estimate of drug-likeness (QED) is 0.392. The molecule has 4 atom stereocenters. The van der Waals surface area contributed by atoms with Crippen molar-refractivity contribution < 1.29 is 28.8 Å². The van der Waals surface area contributed by atoms with E-state index in [2.05, 4.69) is 9.97 Å². The summed E-state index contributed by atoms with van der Waals surface area (Å²) < 4.78 is 32.0. The molecule has 3 rings (SSSR count). The van der Waals surface area contributed by atoms with Crippen molar-refractivity contribution >= 4 is 17.1 Å². The van der Waals surface area contributed by atoms with E-state index < -0.39 is 60.9 Å². The lowest BCUT2D eigenvalue weighted by Crippen LogP contribution is -2.36. The maximum Gasteiger partial charge on any atom is 0.332 e. The molecule has 0 spiro atoms. The van der Waals surface area contributed by atoms with Gasteiger partial charge in [0, 0.05) is 0 Å². The van der Waals surface area contributed by atoms with Crippen LogP contribution in [0.4, 0.5) is 14.7 Å².